The zero-order valence-corrected chi connectivity index (χ0v) is 19.7. The van der Waals surface area contributed by atoms with Gasteiger partial charge >= 0.3 is 0 Å². The Balaban J connectivity index is 0.00000210. The number of hydrogen-bond donors (Lipinski definition) is 2. The maximum Gasteiger partial charge on any atom is 0.245 e. The minimum absolute atomic E-state index is 0. The summed E-state index contributed by atoms with van der Waals surface area (Å²) in [6.45, 7) is 12.3. The first-order chi connectivity index (χ1) is 12.8. The molecule has 5 nitrogen and oxygen atoms in total. The molecule has 1 heterocycles. The predicted octanol–water partition coefficient (Wildman–Crippen LogP) is 4.23. The molecule has 7 heteroatoms. The van der Waals surface area contributed by atoms with E-state index in [2.05, 4.69) is 29.3 Å². The molecule has 2 atom stereocenters. The number of nitrogens with two attached hydrogens (primary N) is 1. The van der Waals surface area contributed by atoms with Crippen molar-refractivity contribution in [3.63, 3.8) is 0 Å². The van der Waals surface area contributed by atoms with Crippen LogP contribution in [0.3, 0.4) is 0 Å². The van der Waals surface area contributed by atoms with Gasteiger partial charge in [-0.25, -0.2) is 0 Å². The Kier molecular flexibility index (Phi) is 9.44. The summed E-state index contributed by atoms with van der Waals surface area (Å²) in [5, 5.41) is 3.01. The van der Waals surface area contributed by atoms with Crippen LogP contribution in [0.5, 0.6) is 0 Å². The number of amides is 1. The Morgan fingerprint density at radius 3 is 2.31 bits per heavy atom. The van der Waals surface area contributed by atoms with Gasteiger partial charge in [-0.1, -0.05) is 32.9 Å². The van der Waals surface area contributed by atoms with E-state index in [0.29, 0.717) is 13.0 Å². The van der Waals surface area contributed by atoms with Gasteiger partial charge in [-0.05, 0) is 56.5 Å². The largest absolute Gasteiger partial charge is 0.378 e. The second-order valence-electron chi connectivity index (χ2n) is 8.95. The van der Waals surface area contributed by atoms with Crippen molar-refractivity contribution in [2.75, 3.05) is 25.0 Å². The smallest absolute Gasteiger partial charge is 0.245 e. The molecule has 1 aliphatic carbocycles. The fourth-order valence-electron chi connectivity index (χ4n) is 4.24. The summed E-state index contributed by atoms with van der Waals surface area (Å²) in [6, 6.07) is 8.17. The number of carbonyl (C=O) groups is 1. The van der Waals surface area contributed by atoms with E-state index in [1.54, 1.807) is 0 Å². The monoisotopic (exact) mass is 445 g/mol. The number of hydrogen-bond acceptors (Lipinski definition) is 4. The lowest BCUT2D eigenvalue weighted by atomic mass is 9.54. The van der Waals surface area contributed by atoms with Gasteiger partial charge in [0.25, 0.3) is 0 Å². The van der Waals surface area contributed by atoms with Crippen LogP contribution in [0.2, 0.25) is 0 Å². The van der Waals surface area contributed by atoms with Crippen molar-refractivity contribution < 1.29 is 9.53 Å². The fourth-order valence-corrected chi connectivity index (χ4v) is 4.24. The van der Waals surface area contributed by atoms with Crippen LogP contribution < -0.4 is 11.1 Å². The molecule has 2 fully saturated rings. The molecular formula is C22H37Cl2N3O2. The number of nitrogens with one attached hydrogen (secondary N) is 1. The first kappa shape index (κ1) is 26.2. The lowest BCUT2D eigenvalue weighted by Gasteiger charge is -2.57. The average molecular weight is 446 g/mol. The van der Waals surface area contributed by atoms with Gasteiger partial charge in [0, 0.05) is 30.7 Å². The molecule has 3 N–H and O–H groups in total. The van der Waals surface area contributed by atoms with Crippen molar-refractivity contribution in [1.82, 2.24) is 4.90 Å². The van der Waals surface area contributed by atoms with E-state index in [1.807, 2.05) is 32.9 Å². The molecular weight excluding hydrogens is 409 g/mol. The Morgan fingerprint density at radius 1 is 1.21 bits per heavy atom. The van der Waals surface area contributed by atoms with E-state index >= 15 is 0 Å². The van der Waals surface area contributed by atoms with E-state index in [9.17, 15) is 4.79 Å². The molecule has 166 valence electrons. The van der Waals surface area contributed by atoms with Crippen molar-refractivity contribution in [2.45, 2.75) is 65.1 Å². The molecule has 2 unspecified atom stereocenters. The molecule has 0 radical (unpaired) electrons. The van der Waals surface area contributed by atoms with E-state index in [-0.39, 0.29) is 42.2 Å². The lowest BCUT2D eigenvalue weighted by Crippen LogP contribution is -2.74. The number of ether oxygens (including phenoxy) is 1. The number of carbonyl (C=O) groups excluding carboxylic acids is 1. The van der Waals surface area contributed by atoms with Crippen LogP contribution in [0, 0.1) is 11.3 Å². The van der Waals surface area contributed by atoms with Crippen molar-refractivity contribution in [3.8, 4) is 0 Å². The van der Waals surface area contributed by atoms with E-state index < -0.39 is 5.54 Å². The Hall–Kier alpha value is -0.850. The Labute approximate surface area is 187 Å². The number of piperidine rings is 1. The summed E-state index contributed by atoms with van der Waals surface area (Å²) in [7, 11) is 0. The Bertz CT molecular complexity index is 661. The summed E-state index contributed by atoms with van der Waals surface area (Å²) in [5.41, 5.74) is 7.27. The van der Waals surface area contributed by atoms with Crippen LogP contribution in [0.1, 0.15) is 52.5 Å². The highest BCUT2D eigenvalue weighted by Crippen LogP contribution is 2.50. The van der Waals surface area contributed by atoms with Crippen LogP contribution in [-0.4, -0.2) is 42.1 Å². The highest BCUT2D eigenvalue weighted by Gasteiger charge is 2.62. The first-order valence-electron chi connectivity index (χ1n) is 10.3. The van der Waals surface area contributed by atoms with Crippen LogP contribution in [0.4, 0.5) is 5.69 Å². The van der Waals surface area contributed by atoms with Crippen molar-refractivity contribution in [3.05, 3.63) is 29.8 Å². The van der Waals surface area contributed by atoms with Crippen molar-refractivity contribution in [2.24, 2.45) is 17.1 Å². The minimum Gasteiger partial charge on any atom is -0.378 e. The van der Waals surface area contributed by atoms with Gasteiger partial charge in [-0.3, -0.25) is 9.69 Å². The van der Waals surface area contributed by atoms with Crippen molar-refractivity contribution in [1.29, 1.82) is 0 Å². The zero-order valence-electron chi connectivity index (χ0n) is 18.1. The van der Waals surface area contributed by atoms with Gasteiger partial charge in [0.05, 0.1) is 6.10 Å². The highest BCUT2D eigenvalue weighted by molar-refractivity contribution is 5.99. The van der Waals surface area contributed by atoms with Gasteiger partial charge in [0.1, 0.15) is 5.54 Å². The van der Waals surface area contributed by atoms with Crippen molar-refractivity contribution >= 4 is 36.4 Å². The molecule has 3 rings (SSSR count). The van der Waals surface area contributed by atoms with Crippen LogP contribution in [0.25, 0.3) is 0 Å². The standard InChI is InChI=1S/C22H35N3O2.2ClH/c1-5-27-19-14-22(23,21(19,3)4)20(26)24-18-8-6-17(7-9-18)15-25-12-10-16(2)11-13-25;;/h6-9,16,19H,5,10-15,23H2,1-4H3,(H,24,26);2*1H. The van der Waals surface area contributed by atoms with Gasteiger partial charge < -0.3 is 15.8 Å². The number of benzene rings is 1. The average Bonchev–Trinajstić information content (AvgIpc) is 2.64. The zero-order chi connectivity index (χ0) is 19.7. The van der Waals surface area contributed by atoms with Crippen LogP contribution >= 0.6 is 24.8 Å². The summed E-state index contributed by atoms with van der Waals surface area (Å²) in [5.74, 6) is 0.724. The predicted molar refractivity (Wildman–Crippen MR) is 124 cm³/mol. The molecule has 1 aromatic carbocycles. The molecule has 2 aliphatic rings. The molecule has 1 aliphatic heterocycles. The number of nitrogens with zero attached hydrogens (tertiary/aromatic N) is 1. The quantitative estimate of drug-likeness (QED) is 0.686. The lowest BCUT2D eigenvalue weighted by molar-refractivity contribution is -0.166. The summed E-state index contributed by atoms with van der Waals surface area (Å²) >= 11 is 0. The second-order valence-corrected chi connectivity index (χ2v) is 8.95. The Morgan fingerprint density at radius 2 is 1.79 bits per heavy atom. The second kappa shape index (κ2) is 10.5. The third-order valence-corrected chi connectivity index (χ3v) is 6.73. The molecule has 29 heavy (non-hydrogen) atoms. The molecule has 0 aromatic heterocycles. The molecule has 0 bridgehead atoms. The van der Waals surface area contributed by atoms with E-state index in [4.69, 9.17) is 10.5 Å². The molecule has 1 amide bonds. The minimum atomic E-state index is -0.893. The third-order valence-electron chi connectivity index (χ3n) is 6.73. The summed E-state index contributed by atoms with van der Waals surface area (Å²) in [4.78, 5) is 15.3. The molecule has 1 saturated heterocycles. The molecule has 1 saturated carbocycles. The summed E-state index contributed by atoms with van der Waals surface area (Å²) in [6.07, 6.45) is 3.16. The number of halogens is 2. The normalized spacial score (nSPS) is 26.6. The number of likely N-dealkylation sites (tertiary alicyclic amines) is 1. The van der Waals surface area contributed by atoms with E-state index in [1.165, 1.54) is 31.5 Å². The van der Waals surface area contributed by atoms with Gasteiger partial charge in [-0.2, -0.15) is 0 Å². The summed E-state index contributed by atoms with van der Waals surface area (Å²) < 4.78 is 5.72. The van der Waals surface area contributed by atoms with Gasteiger partial charge in [0.2, 0.25) is 5.91 Å². The third kappa shape index (κ3) is 5.45. The van der Waals surface area contributed by atoms with Crippen LogP contribution in [0.15, 0.2) is 24.3 Å². The highest BCUT2D eigenvalue weighted by atomic mass is 35.5. The maximum absolute atomic E-state index is 12.8. The molecule has 0 spiro atoms. The fraction of sp³-hybridized carbons (Fsp3) is 0.682. The van der Waals surface area contributed by atoms with Gasteiger partial charge in [0.15, 0.2) is 0 Å². The molecule has 1 aromatic rings. The topological polar surface area (TPSA) is 67.6 Å². The SMILES string of the molecule is CCOC1CC(N)(C(=O)Nc2ccc(CN3CCC(C)CC3)cc2)C1(C)C.Cl.Cl. The van der Waals surface area contributed by atoms with E-state index in [0.717, 1.165) is 18.2 Å². The number of anilines is 1. The van der Waals surface area contributed by atoms with Crippen LogP contribution in [-0.2, 0) is 16.1 Å². The first-order valence-corrected chi connectivity index (χ1v) is 10.3. The number of rotatable bonds is 6. The van der Waals surface area contributed by atoms with Gasteiger partial charge in [-0.15, -0.1) is 24.8 Å². The maximum atomic E-state index is 12.8.